The topological polar surface area (TPSA) is 43.8 Å². The average Bonchev–Trinajstić information content (AvgIpc) is 2.82. The molecular formula is C18H32N2O2. The number of likely N-dealkylation sites (tertiary alicyclic amines) is 2. The van der Waals surface area contributed by atoms with Gasteiger partial charge in [0, 0.05) is 24.5 Å². The third kappa shape index (κ3) is 2.92. The van der Waals surface area contributed by atoms with Crippen LogP contribution in [0.4, 0.5) is 0 Å². The van der Waals surface area contributed by atoms with Crippen LogP contribution in [0.3, 0.4) is 0 Å². The van der Waals surface area contributed by atoms with Crippen molar-refractivity contribution in [2.24, 2.45) is 11.3 Å². The molecule has 0 unspecified atom stereocenters. The number of hydrogen-bond acceptors (Lipinski definition) is 3. The normalized spacial score (nSPS) is 37.6. The van der Waals surface area contributed by atoms with Crippen LogP contribution in [0.2, 0.25) is 0 Å². The van der Waals surface area contributed by atoms with E-state index >= 15 is 0 Å². The minimum absolute atomic E-state index is 0.145. The molecule has 2 saturated heterocycles. The van der Waals surface area contributed by atoms with E-state index in [0.717, 1.165) is 58.2 Å². The lowest BCUT2D eigenvalue weighted by atomic mass is 9.71. The van der Waals surface area contributed by atoms with Gasteiger partial charge in [-0.3, -0.25) is 4.79 Å². The van der Waals surface area contributed by atoms with E-state index in [1.165, 1.54) is 0 Å². The van der Waals surface area contributed by atoms with Gasteiger partial charge in [-0.15, -0.1) is 0 Å². The fourth-order valence-corrected chi connectivity index (χ4v) is 4.97. The zero-order valence-electron chi connectivity index (χ0n) is 14.4. The summed E-state index contributed by atoms with van der Waals surface area (Å²) in [7, 11) is 0. The molecule has 1 aliphatic carbocycles. The van der Waals surface area contributed by atoms with Crippen molar-refractivity contribution < 1.29 is 9.90 Å². The van der Waals surface area contributed by atoms with Gasteiger partial charge in [-0.2, -0.15) is 0 Å². The van der Waals surface area contributed by atoms with Gasteiger partial charge in [0.1, 0.15) is 0 Å². The second kappa shape index (κ2) is 6.12. The van der Waals surface area contributed by atoms with E-state index in [0.29, 0.717) is 18.0 Å². The third-order valence-corrected chi connectivity index (χ3v) is 6.47. The van der Waals surface area contributed by atoms with Crippen molar-refractivity contribution in [1.82, 2.24) is 9.80 Å². The Balaban J connectivity index is 1.62. The summed E-state index contributed by atoms with van der Waals surface area (Å²) in [5.74, 6) is 0.623. The summed E-state index contributed by atoms with van der Waals surface area (Å²) >= 11 is 0. The number of rotatable bonds is 2. The highest BCUT2D eigenvalue weighted by atomic mass is 16.3. The summed E-state index contributed by atoms with van der Waals surface area (Å²) in [6, 6.07) is 0.956. The number of nitrogens with zero attached hydrogens (tertiary/aromatic N) is 2. The summed E-state index contributed by atoms with van der Waals surface area (Å²) in [4.78, 5) is 17.7. The van der Waals surface area contributed by atoms with Crippen molar-refractivity contribution >= 4 is 5.91 Å². The number of carbonyl (C=O) groups excluding carboxylic acids is 1. The molecule has 2 heterocycles. The second-order valence-corrected chi connectivity index (χ2v) is 8.29. The lowest BCUT2D eigenvalue weighted by Gasteiger charge is -2.43. The molecule has 4 nitrogen and oxygen atoms in total. The van der Waals surface area contributed by atoms with Gasteiger partial charge < -0.3 is 14.9 Å². The molecule has 126 valence electrons. The Kier molecular flexibility index (Phi) is 4.52. The van der Waals surface area contributed by atoms with Crippen LogP contribution in [0.25, 0.3) is 0 Å². The molecule has 0 aromatic carbocycles. The lowest BCUT2D eigenvalue weighted by Crippen LogP contribution is -2.50. The first-order valence-corrected chi connectivity index (χ1v) is 9.13. The SMILES string of the molecule is CC(C)N1CCC(C(=O)N2CC[C@@]3(C)C[C@H](O)CC[C@@H]23)CC1. The number of piperidine rings is 1. The van der Waals surface area contributed by atoms with Crippen LogP contribution in [-0.4, -0.2) is 58.6 Å². The van der Waals surface area contributed by atoms with Crippen molar-refractivity contribution in [3.05, 3.63) is 0 Å². The molecule has 2 aliphatic heterocycles. The Morgan fingerprint density at radius 1 is 1.14 bits per heavy atom. The van der Waals surface area contributed by atoms with E-state index in [2.05, 4.69) is 30.6 Å². The minimum atomic E-state index is -0.161. The Bertz CT molecular complexity index is 417. The summed E-state index contributed by atoms with van der Waals surface area (Å²) in [6.07, 6.45) is 5.63. The van der Waals surface area contributed by atoms with Gasteiger partial charge in [0.15, 0.2) is 0 Å². The maximum Gasteiger partial charge on any atom is 0.226 e. The van der Waals surface area contributed by atoms with Crippen molar-refractivity contribution in [2.45, 2.75) is 77.5 Å². The molecule has 0 aromatic heterocycles. The predicted octanol–water partition coefficient (Wildman–Crippen LogP) is 2.26. The molecule has 0 radical (unpaired) electrons. The first-order chi connectivity index (χ1) is 10.4. The number of aliphatic hydroxyl groups is 1. The first-order valence-electron chi connectivity index (χ1n) is 9.13. The van der Waals surface area contributed by atoms with Crippen LogP contribution in [0.5, 0.6) is 0 Å². The van der Waals surface area contributed by atoms with Gasteiger partial charge in [-0.05, 0) is 70.9 Å². The van der Waals surface area contributed by atoms with E-state index in [1.54, 1.807) is 0 Å². The number of aliphatic hydroxyl groups excluding tert-OH is 1. The molecule has 4 heteroatoms. The Labute approximate surface area is 134 Å². The minimum Gasteiger partial charge on any atom is -0.393 e. The van der Waals surface area contributed by atoms with Gasteiger partial charge in [0.25, 0.3) is 0 Å². The van der Waals surface area contributed by atoms with Crippen LogP contribution in [-0.2, 0) is 4.79 Å². The molecule has 0 bridgehead atoms. The van der Waals surface area contributed by atoms with E-state index < -0.39 is 0 Å². The van der Waals surface area contributed by atoms with Gasteiger partial charge >= 0.3 is 0 Å². The monoisotopic (exact) mass is 308 g/mol. The predicted molar refractivity (Wildman–Crippen MR) is 87.5 cm³/mol. The number of amides is 1. The first kappa shape index (κ1) is 16.3. The van der Waals surface area contributed by atoms with Crippen molar-refractivity contribution in [3.8, 4) is 0 Å². The molecule has 3 aliphatic rings. The van der Waals surface area contributed by atoms with E-state index in [4.69, 9.17) is 0 Å². The molecule has 0 spiro atoms. The Hall–Kier alpha value is -0.610. The standard InChI is InChI=1S/C18H32N2O2/c1-13(2)19-9-6-14(7-10-19)17(22)20-11-8-18(3)12-15(21)4-5-16(18)20/h13-16,21H,4-12H2,1-3H3/t15-,16-,18+/m1/s1. The van der Waals surface area contributed by atoms with Crippen molar-refractivity contribution in [2.75, 3.05) is 19.6 Å². The number of hydrogen-bond donors (Lipinski definition) is 1. The van der Waals surface area contributed by atoms with E-state index in [-0.39, 0.29) is 17.4 Å². The van der Waals surface area contributed by atoms with Crippen molar-refractivity contribution in [3.63, 3.8) is 0 Å². The molecule has 3 rings (SSSR count). The highest BCUT2D eigenvalue weighted by Crippen LogP contribution is 2.47. The van der Waals surface area contributed by atoms with Gasteiger partial charge in [0.2, 0.25) is 5.91 Å². The van der Waals surface area contributed by atoms with Crippen LogP contribution in [0, 0.1) is 11.3 Å². The molecule has 3 atom stereocenters. The zero-order valence-corrected chi connectivity index (χ0v) is 14.4. The highest BCUT2D eigenvalue weighted by Gasteiger charge is 2.49. The summed E-state index contributed by atoms with van der Waals surface area (Å²) in [5.41, 5.74) is 0.145. The highest BCUT2D eigenvalue weighted by molar-refractivity contribution is 5.79. The van der Waals surface area contributed by atoms with Crippen LogP contribution in [0.1, 0.15) is 59.3 Å². The van der Waals surface area contributed by atoms with Gasteiger partial charge in [0.05, 0.1) is 6.10 Å². The lowest BCUT2D eigenvalue weighted by molar-refractivity contribution is -0.140. The van der Waals surface area contributed by atoms with Crippen LogP contribution >= 0.6 is 0 Å². The van der Waals surface area contributed by atoms with Crippen LogP contribution < -0.4 is 0 Å². The third-order valence-electron chi connectivity index (χ3n) is 6.47. The summed E-state index contributed by atoms with van der Waals surface area (Å²) in [5, 5.41) is 9.97. The van der Waals surface area contributed by atoms with Gasteiger partial charge in [-0.25, -0.2) is 0 Å². The largest absolute Gasteiger partial charge is 0.393 e. The van der Waals surface area contributed by atoms with Crippen LogP contribution in [0.15, 0.2) is 0 Å². The fraction of sp³-hybridized carbons (Fsp3) is 0.944. The molecule has 1 saturated carbocycles. The molecular weight excluding hydrogens is 276 g/mol. The fourth-order valence-electron chi connectivity index (χ4n) is 4.97. The number of fused-ring (bicyclic) bond motifs is 1. The molecule has 3 fully saturated rings. The Morgan fingerprint density at radius 3 is 2.45 bits per heavy atom. The van der Waals surface area contributed by atoms with E-state index in [1.807, 2.05) is 0 Å². The maximum atomic E-state index is 13.0. The summed E-state index contributed by atoms with van der Waals surface area (Å²) < 4.78 is 0. The van der Waals surface area contributed by atoms with Gasteiger partial charge in [-0.1, -0.05) is 6.92 Å². The molecule has 1 N–H and O–H groups in total. The van der Waals surface area contributed by atoms with E-state index in [9.17, 15) is 9.90 Å². The molecule has 1 amide bonds. The smallest absolute Gasteiger partial charge is 0.226 e. The quantitative estimate of drug-likeness (QED) is 0.851. The Morgan fingerprint density at radius 2 is 1.82 bits per heavy atom. The van der Waals surface area contributed by atoms with Crippen molar-refractivity contribution in [1.29, 1.82) is 0 Å². The maximum absolute atomic E-state index is 13.0. The zero-order chi connectivity index (χ0) is 15.9. The summed E-state index contributed by atoms with van der Waals surface area (Å²) in [6.45, 7) is 9.76. The average molecular weight is 308 g/mol. The molecule has 22 heavy (non-hydrogen) atoms. The second-order valence-electron chi connectivity index (χ2n) is 8.29. The molecule has 0 aromatic rings. The number of carbonyl (C=O) groups is 1.